The third-order valence-corrected chi connectivity index (χ3v) is 5.59. The lowest BCUT2D eigenvalue weighted by Gasteiger charge is -2.26. The van der Waals surface area contributed by atoms with Gasteiger partial charge in [0.05, 0.1) is 12.1 Å². The Balaban J connectivity index is 1.89. The highest BCUT2D eigenvalue weighted by Gasteiger charge is 2.22. The van der Waals surface area contributed by atoms with Crippen molar-refractivity contribution in [2.24, 2.45) is 0 Å². The summed E-state index contributed by atoms with van der Waals surface area (Å²) in [5.74, 6) is -0.679. The van der Waals surface area contributed by atoms with Crippen molar-refractivity contribution < 1.29 is 14.4 Å². The minimum atomic E-state index is -0.346. The van der Waals surface area contributed by atoms with Crippen molar-refractivity contribution >= 4 is 45.8 Å². The van der Waals surface area contributed by atoms with Crippen molar-refractivity contribution in [3.8, 4) is 0 Å². The molecule has 0 radical (unpaired) electrons. The molecule has 2 N–H and O–H groups in total. The predicted octanol–water partition coefficient (Wildman–Crippen LogP) is 4.13. The number of nitrogens with zero attached hydrogens (tertiary/aromatic N) is 2. The van der Waals surface area contributed by atoms with Crippen LogP contribution in [0.2, 0.25) is 5.02 Å². The molecule has 1 aromatic carbocycles. The first-order chi connectivity index (χ1) is 14.8. The Kier molecular flexibility index (Phi) is 9.94. The Morgan fingerprint density at radius 2 is 1.84 bits per heavy atom. The molecule has 0 spiro atoms. The predicted molar refractivity (Wildman–Crippen MR) is 125 cm³/mol. The highest BCUT2D eigenvalue weighted by Crippen LogP contribution is 2.17. The Morgan fingerprint density at radius 1 is 1.13 bits per heavy atom. The number of carbonyl (C=O) groups excluding carboxylic acids is 3. The van der Waals surface area contributed by atoms with E-state index in [0.29, 0.717) is 28.0 Å². The number of hydrogen-bond donors (Lipinski definition) is 2. The van der Waals surface area contributed by atoms with E-state index in [1.807, 2.05) is 13.8 Å². The summed E-state index contributed by atoms with van der Waals surface area (Å²) in [6.45, 7) is 6.36. The highest BCUT2D eigenvalue weighted by atomic mass is 35.5. The number of thiazole rings is 1. The lowest BCUT2D eigenvalue weighted by molar-refractivity contribution is -0.120. The maximum atomic E-state index is 12.8. The number of benzene rings is 1. The van der Waals surface area contributed by atoms with Crippen LogP contribution in [-0.2, 0) is 16.0 Å². The maximum absolute atomic E-state index is 12.8. The van der Waals surface area contributed by atoms with Crippen molar-refractivity contribution in [1.82, 2.24) is 15.2 Å². The molecule has 0 fully saturated rings. The smallest absolute Gasteiger partial charge is 0.254 e. The second kappa shape index (κ2) is 12.4. The molecule has 9 heteroatoms. The van der Waals surface area contributed by atoms with Crippen LogP contribution in [0.3, 0.4) is 0 Å². The van der Waals surface area contributed by atoms with Gasteiger partial charge in [0.15, 0.2) is 5.13 Å². The quantitative estimate of drug-likeness (QED) is 0.489. The second-order valence-corrected chi connectivity index (χ2v) is 8.75. The van der Waals surface area contributed by atoms with Crippen LogP contribution in [0, 0.1) is 0 Å². The lowest BCUT2D eigenvalue weighted by atomic mass is 10.1. The third kappa shape index (κ3) is 8.30. The SMILES string of the molecule is CCCCCNC(=O)Cc1csc(NC(=O)CN(C(=O)c2ccc(Cl)cc2)C(C)C)n1. The molecule has 0 saturated heterocycles. The molecule has 1 heterocycles. The normalized spacial score (nSPS) is 10.7. The Bertz CT molecular complexity index is 883. The van der Waals surface area contributed by atoms with Gasteiger partial charge in [0.2, 0.25) is 11.8 Å². The van der Waals surface area contributed by atoms with Gasteiger partial charge < -0.3 is 15.5 Å². The van der Waals surface area contributed by atoms with Crippen LogP contribution in [0.15, 0.2) is 29.6 Å². The molecule has 2 rings (SSSR count). The fraction of sp³-hybridized carbons (Fsp3) is 0.455. The Morgan fingerprint density at radius 3 is 2.48 bits per heavy atom. The molecule has 0 unspecified atom stereocenters. The topological polar surface area (TPSA) is 91.4 Å². The van der Waals surface area contributed by atoms with E-state index in [9.17, 15) is 14.4 Å². The number of halogens is 1. The van der Waals surface area contributed by atoms with E-state index in [1.54, 1.807) is 29.6 Å². The molecule has 7 nitrogen and oxygen atoms in total. The van der Waals surface area contributed by atoms with Crippen LogP contribution < -0.4 is 10.6 Å². The number of nitrogens with one attached hydrogen (secondary N) is 2. The maximum Gasteiger partial charge on any atom is 0.254 e. The van der Waals surface area contributed by atoms with Gasteiger partial charge in [-0.3, -0.25) is 14.4 Å². The first-order valence-electron chi connectivity index (χ1n) is 10.4. The number of unbranched alkanes of at least 4 members (excludes halogenated alkanes) is 2. The number of carbonyl (C=O) groups is 3. The van der Waals surface area contributed by atoms with Gasteiger partial charge in [-0.1, -0.05) is 31.4 Å². The van der Waals surface area contributed by atoms with Gasteiger partial charge in [0.25, 0.3) is 5.91 Å². The molecule has 1 aromatic heterocycles. The first kappa shape index (κ1) is 24.8. The van der Waals surface area contributed by atoms with Crippen LogP contribution in [0.1, 0.15) is 56.1 Å². The van der Waals surface area contributed by atoms with E-state index in [-0.39, 0.29) is 36.7 Å². The zero-order valence-corrected chi connectivity index (χ0v) is 19.7. The van der Waals surface area contributed by atoms with Gasteiger partial charge in [-0.25, -0.2) is 4.98 Å². The van der Waals surface area contributed by atoms with Crippen molar-refractivity contribution in [2.45, 2.75) is 52.5 Å². The van der Waals surface area contributed by atoms with Crippen molar-refractivity contribution in [3.05, 3.63) is 45.9 Å². The minimum Gasteiger partial charge on any atom is -0.356 e. The summed E-state index contributed by atoms with van der Waals surface area (Å²) < 4.78 is 0. The first-order valence-corrected chi connectivity index (χ1v) is 11.6. The van der Waals surface area contributed by atoms with Crippen molar-refractivity contribution in [1.29, 1.82) is 0 Å². The molecule has 0 bridgehead atoms. The molecular formula is C22H29ClN4O3S. The van der Waals surface area contributed by atoms with E-state index >= 15 is 0 Å². The number of amides is 3. The molecular weight excluding hydrogens is 436 g/mol. The second-order valence-electron chi connectivity index (χ2n) is 7.46. The van der Waals surface area contributed by atoms with Gasteiger partial charge in [-0.2, -0.15) is 0 Å². The molecule has 0 atom stereocenters. The van der Waals surface area contributed by atoms with Gasteiger partial charge in [0, 0.05) is 28.6 Å². The fourth-order valence-corrected chi connectivity index (χ4v) is 3.69. The zero-order valence-electron chi connectivity index (χ0n) is 18.1. The Labute approximate surface area is 192 Å². The highest BCUT2D eigenvalue weighted by molar-refractivity contribution is 7.13. The van der Waals surface area contributed by atoms with Crippen LogP contribution >= 0.6 is 22.9 Å². The van der Waals surface area contributed by atoms with E-state index in [1.165, 1.54) is 16.2 Å². The lowest BCUT2D eigenvalue weighted by Crippen LogP contribution is -2.42. The van der Waals surface area contributed by atoms with E-state index < -0.39 is 0 Å². The van der Waals surface area contributed by atoms with Crippen molar-refractivity contribution in [3.63, 3.8) is 0 Å². The largest absolute Gasteiger partial charge is 0.356 e. The number of aromatic nitrogens is 1. The summed E-state index contributed by atoms with van der Waals surface area (Å²) in [6.07, 6.45) is 3.32. The molecule has 168 valence electrons. The Hall–Kier alpha value is -2.45. The molecule has 2 aromatic rings. The van der Waals surface area contributed by atoms with Gasteiger partial charge in [-0.05, 0) is 44.5 Å². The zero-order chi connectivity index (χ0) is 22.8. The molecule has 0 aliphatic heterocycles. The monoisotopic (exact) mass is 464 g/mol. The van der Waals surface area contributed by atoms with Crippen molar-refractivity contribution in [2.75, 3.05) is 18.4 Å². The summed E-state index contributed by atoms with van der Waals surface area (Å²) in [6, 6.07) is 6.39. The van der Waals surface area contributed by atoms with Crippen LogP contribution in [0.4, 0.5) is 5.13 Å². The summed E-state index contributed by atoms with van der Waals surface area (Å²) in [5, 5.41) is 8.29. The summed E-state index contributed by atoms with van der Waals surface area (Å²) in [5.41, 5.74) is 1.07. The number of rotatable bonds is 11. The molecule has 0 aliphatic carbocycles. The third-order valence-electron chi connectivity index (χ3n) is 4.53. The van der Waals surface area contributed by atoms with Gasteiger partial charge >= 0.3 is 0 Å². The molecule has 0 aliphatic rings. The molecule has 31 heavy (non-hydrogen) atoms. The average Bonchev–Trinajstić information content (AvgIpc) is 3.15. The van der Waals surface area contributed by atoms with Gasteiger partial charge in [-0.15, -0.1) is 11.3 Å². The number of hydrogen-bond acceptors (Lipinski definition) is 5. The number of anilines is 1. The van der Waals surface area contributed by atoms with Crippen LogP contribution in [-0.4, -0.2) is 46.7 Å². The minimum absolute atomic E-state index is 0.0844. The summed E-state index contributed by atoms with van der Waals surface area (Å²) in [7, 11) is 0. The van der Waals surface area contributed by atoms with E-state index in [4.69, 9.17) is 11.6 Å². The van der Waals surface area contributed by atoms with Crippen LogP contribution in [0.25, 0.3) is 0 Å². The van der Waals surface area contributed by atoms with Gasteiger partial charge in [0.1, 0.15) is 6.54 Å². The van der Waals surface area contributed by atoms with E-state index in [0.717, 1.165) is 19.3 Å². The van der Waals surface area contributed by atoms with E-state index in [2.05, 4.69) is 22.5 Å². The summed E-state index contributed by atoms with van der Waals surface area (Å²) >= 11 is 7.14. The summed E-state index contributed by atoms with van der Waals surface area (Å²) in [4.78, 5) is 43.1. The standard InChI is InChI=1S/C22H29ClN4O3S/c1-4-5-6-11-24-19(28)12-18-14-31-22(25-18)26-20(29)13-27(15(2)3)21(30)16-7-9-17(23)10-8-16/h7-10,14-15H,4-6,11-13H2,1-3H3,(H,24,28)(H,25,26,29). The molecule has 3 amide bonds. The molecule has 0 saturated carbocycles. The fourth-order valence-electron chi connectivity index (χ4n) is 2.84. The van der Waals surface area contributed by atoms with Crippen LogP contribution in [0.5, 0.6) is 0 Å². The average molecular weight is 465 g/mol.